The van der Waals surface area contributed by atoms with E-state index in [1.165, 1.54) is 19.1 Å². The molecular weight excluding hydrogens is 250 g/mol. The first kappa shape index (κ1) is 14.8. The summed E-state index contributed by atoms with van der Waals surface area (Å²) in [5.41, 5.74) is -1.16. The number of phenols is 2. The van der Waals surface area contributed by atoms with Gasteiger partial charge in [0.25, 0.3) is 5.91 Å². The molecule has 1 aromatic carbocycles. The van der Waals surface area contributed by atoms with Crippen LogP contribution in [0.3, 0.4) is 0 Å². The molecule has 1 unspecified atom stereocenters. The van der Waals surface area contributed by atoms with Gasteiger partial charge in [0.1, 0.15) is 11.5 Å². The third-order valence-electron chi connectivity index (χ3n) is 3.16. The number of rotatable bonds is 5. The summed E-state index contributed by atoms with van der Waals surface area (Å²) < 4.78 is 0. The molecule has 0 aliphatic heterocycles. The maximum atomic E-state index is 11.8. The van der Waals surface area contributed by atoms with Crippen LogP contribution in [-0.4, -0.2) is 33.7 Å². The molecule has 6 nitrogen and oxygen atoms in total. The second-order valence-electron chi connectivity index (χ2n) is 4.60. The van der Waals surface area contributed by atoms with E-state index in [2.05, 4.69) is 5.32 Å². The van der Waals surface area contributed by atoms with E-state index in [1.807, 2.05) is 0 Å². The summed E-state index contributed by atoms with van der Waals surface area (Å²) in [4.78, 5) is 22.9. The first-order chi connectivity index (χ1) is 8.80. The lowest BCUT2D eigenvalue weighted by Crippen LogP contribution is -2.40. The Labute approximate surface area is 110 Å². The Hall–Kier alpha value is -2.24. The molecule has 104 valence electrons. The van der Waals surface area contributed by atoms with E-state index < -0.39 is 17.3 Å². The van der Waals surface area contributed by atoms with Gasteiger partial charge in [-0.05, 0) is 31.5 Å². The largest absolute Gasteiger partial charge is 0.508 e. The highest BCUT2D eigenvalue weighted by atomic mass is 16.4. The van der Waals surface area contributed by atoms with Gasteiger partial charge in [-0.25, -0.2) is 0 Å². The first-order valence-corrected chi connectivity index (χ1v) is 5.83. The minimum Gasteiger partial charge on any atom is -0.508 e. The SMILES string of the molecule is CCC(C)(CNC(=O)c1cc(O)ccc1O)C(=O)O. The molecule has 0 aromatic heterocycles. The van der Waals surface area contributed by atoms with Crippen molar-refractivity contribution < 1.29 is 24.9 Å². The summed E-state index contributed by atoms with van der Waals surface area (Å²) in [6, 6.07) is 3.56. The molecule has 0 bridgehead atoms. The third kappa shape index (κ3) is 3.37. The van der Waals surface area contributed by atoms with E-state index in [0.29, 0.717) is 6.42 Å². The van der Waals surface area contributed by atoms with Crippen LogP contribution in [0, 0.1) is 5.41 Å². The van der Waals surface area contributed by atoms with Crippen molar-refractivity contribution in [2.75, 3.05) is 6.54 Å². The molecule has 0 saturated heterocycles. The minimum atomic E-state index is -1.07. The zero-order valence-corrected chi connectivity index (χ0v) is 10.8. The predicted molar refractivity (Wildman–Crippen MR) is 68.1 cm³/mol. The quantitative estimate of drug-likeness (QED) is 0.602. The number of hydrogen-bond acceptors (Lipinski definition) is 4. The monoisotopic (exact) mass is 267 g/mol. The summed E-state index contributed by atoms with van der Waals surface area (Å²) in [6.45, 7) is 3.18. The number of carboxylic acid groups (broad SMARTS) is 1. The average Bonchev–Trinajstić information content (AvgIpc) is 2.38. The van der Waals surface area contributed by atoms with Gasteiger partial charge in [0, 0.05) is 6.54 Å². The highest BCUT2D eigenvalue weighted by molar-refractivity contribution is 5.97. The number of nitrogens with one attached hydrogen (secondary N) is 1. The zero-order valence-electron chi connectivity index (χ0n) is 10.8. The Bertz CT molecular complexity index is 500. The fourth-order valence-corrected chi connectivity index (χ4v) is 1.43. The molecule has 1 rings (SSSR count). The molecule has 4 N–H and O–H groups in total. The van der Waals surface area contributed by atoms with Crippen LogP contribution in [-0.2, 0) is 4.79 Å². The van der Waals surface area contributed by atoms with Crippen molar-refractivity contribution in [2.24, 2.45) is 5.41 Å². The Morgan fingerprint density at radius 1 is 1.32 bits per heavy atom. The number of benzene rings is 1. The van der Waals surface area contributed by atoms with Crippen LogP contribution in [0.2, 0.25) is 0 Å². The lowest BCUT2D eigenvalue weighted by Gasteiger charge is -2.23. The normalized spacial score (nSPS) is 13.6. The number of phenolic OH excluding ortho intramolecular Hbond substituents is 2. The molecule has 0 saturated carbocycles. The standard InChI is InChI=1S/C13H17NO5/c1-3-13(2,12(18)19)7-14-11(17)9-6-8(15)4-5-10(9)16/h4-6,15-16H,3,7H2,1-2H3,(H,14,17)(H,18,19). The van der Waals surface area contributed by atoms with Gasteiger partial charge in [0.15, 0.2) is 0 Å². The molecule has 19 heavy (non-hydrogen) atoms. The van der Waals surface area contributed by atoms with Gasteiger partial charge < -0.3 is 20.6 Å². The van der Waals surface area contributed by atoms with Crippen LogP contribution in [0.5, 0.6) is 11.5 Å². The fourth-order valence-electron chi connectivity index (χ4n) is 1.43. The van der Waals surface area contributed by atoms with E-state index in [0.717, 1.165) is 6.07 Å². The van der Waals surface area contributed by atoms with Gasteiger partial charge in [0.05, 0.1) is 11.0 Å². The topological polar surface area (TPSA) is 107 Å². The summed E-state index contributed by atoms with van der Waals surface area (Å²) >= 11 is 0. The van der Waals surface area contributed by atoms with Crippen molar-refractivity contribution in [2.45, 2.75) is 20.3 Å². The number of aliphatic carboxylic acids is 1. The van der Waals surface area contributed by atoms with Crippen LogP contribution >= 0.6 is 0 Å². The van der Waals surface area contributed by atoms with Crippen LogP contribution in [0.15, 0.2) is 18.2 Å². The van der Waals surface area contributed by atoms with Crippen LogP contribution in [0.4, 0.5) is 0 Å². The highest BCUT2D eigenvalue weighted by Gasteiger charge is 2.31. The van der Waals surface area contributed by atoms with Gasteiger partial charge >= 0.3 is 5.97 Å². The van der Waals surface area contributed by atoms with E-state index in [9.17, 15) is 19.8 Å². The van der Waals surface area contributed by atoms with Crippen molar-refractivity contribution in [3.05, 3.63) is 23.8 Å². The first-order valence-electron chi connectivity index (χ1n) is 5.83. The van der Waals surface area contributed by atoms with Crippen molar-refractivity contribution in [3.63, 3.8) is 0 Å². The summed E-state index contributed by atoms with van der Waals surface area (Å²) in [5.74, 6) is -2.06. The fraction of sp³-hybridized carbons (Fsp3) is 0.385. The molecule has 1 atom stereocenters. The summed E-state index contributed by atoms with van der Waals surface area (Å²) in [7, 11) is 0. The van der Waals surface area contributed by atoms with E-state index in [1.54, 1.807) is 6.92 Å². The van der Waals surface area contributed by atoms with Gasteiger partial charge in [-0.3, -0.25) is 9.59 Å². The highest BCUT2D eigenvalue weighted by Crippen LogP contribution is 2.23. The summed E-state index contributed by atoms with van der Waals surface area (Å²) in [5, 5.41) is 30.3. The number of carbonyl (C=O) groups excluding carboxylic acids is 1. The number of aromatic hydroxyl groups is 2. The minimum absolute atomic E-state index is 0.0627. The maximum absolute atomic E-state index is 11.8. The number of amides is 1. The second-order valence-corrected chi connectivity index (χ2v) is 4.60. The van der Waals surface area contributed by atoms with Crippen molar-refractivity contribution >= 4 is 11.9 Å². The number of carbonyl (C=O) groups is 2. The van der Waals surface area contributed by atoms with Gasteiger partial charge in [-0.2, -0.15) is 0 Å². The second kappa shape index (κ2) is 5.60. The molecule has 0 fully saturated rings. The number of hydrogen-bond donors (Lipinski definition) is 4. The Morgan fingerprint density at radius 2 is 1.95 bits per heavy atom. The molecule has 0 aliphatic carbocycles. The zero-order chi connectivity index (χ0) is 14.6. The van der Waals surface area contributed by atoms with E-state index in [-0.39, 0.29) is 23.6 Å². The molecule has 0 aliphatic rings. The molecular formula is C13H17NO5. The maximum Gasteiger partial charge on any atom is 0.311 e. The van der Waals surface area contributed by atoms with Gasteiger partial charge in [0.2, 0.25) is 0 Å². The number of carboxylic acids is 1. The summed E-state index contributed by atoms with van der Waals surface area (Å²) in [6.07, 6.45) is 0.356. The van der Waals surface area contributed by atoms with Crippen LogP contribution in [0.25, 0.3) is 0 Å². The lowest BCUT2D eigenvalue weighted by molar-refractivity contribution is -0.147. The van der Waals surface area contributed by atoms with E-state index in [4.69, 9.17) is 5.11 Å². The van der Waals surface area contributed by atoms with Gasteiger partial charge in [-0.1, -0.05) is 6.92 Å². The molecule has 1 amide bonds. The van der Waals surface area contributed by atoms with Crippen molar-refractivity contribution in [1.82, 2.24) is 5.32 Å². The van der Waals surface area contributed by atoms with E-state index >= 15 is 0 Å². The molecule has 6 heteroatoms. The van der Waals surface area contributed by atoms with Crippen molar-refractivity contribution in [1.29, 1.82) is 0 Å². The van der Waals surface area contributed by atoms with Crippen LogP contribution in [0.1, 0.15) is 30.6 Å². The third-order valence-corrected chi connectivity index (χ3v) is 3.16. The lowest BCUT2D eigenvalue weighted by atomic mass is 9.87. The Balaban J connectivity index is 2.81. The molecule has 0 heterocycles. The molecule has 0 radical (unpaired) electrons. The average molecular weight is 267 g/mol. The molecule has 1 aromatic rings. The smallest absolute Gasteiger partial charge is 0.311 e. The Morgan fingerprint density at radius 3 is 2.47 bits per heavy atom. The molecule has 0 spiro atoms. The van der Waals surface area contributed by atoms with Crippen LogP contribution < -0.4 is 5.32 Å². The Kier molecular flexibility index (Phi) is 4.37. The predicted octanol–water partition coefficient (Wildman–Crippen LogP) is 1.33. The van der Waals surface area contributed by atoms with Gasteiger partial charge in [-0.15, -0.1) is 0 Å². The van der Waals surface area contributed by atoms with Crippen molar-refractivity contribution in [3.8, 4) is 11.5 Å².